The second-order valence-electron chi connectivity index (χ2n) is 12.6. The fourth-order valence-electron chi connectivity index (χ4n) is 8.68. The molecule has 10 atom stereocenters. The van der Waals surface area contributed by atoms with Crippen LogP contribution in [-0.2, 0) is 9.59 Å². The molecule has 0 radical (unpaired) electrons. The Hall–Kier alpha value is -1.46. The zero-order valence-electron chi connectivity index (χ0n) is 21.6. The molecule has 3 N–H and O–H groups in total. The summed E-state index contributed by atoms with van der Waals surface area (Å²) in [5.74, 6) is 0.0224. The molecule has 1 unspecified atom stereocenters. The molecule has 0 aromatic rings. The van der Waals surface area contributed by atoms with Gasteiger partial charge in [-0.1, -0.05) is 39.8 Å². The van der Waals surface area contributed by atoms with Crippen LogP contribution in [0.2, 0.25) is 0 Å². The summed E-state index contributed by atoms with van der Waals surface area (Å²) in [7, 11) is 0. The smallest absolute Gasteiger partial charge is 0.310 e. The van der Waals surface area contributed by atoms with Crippen molar-refractivity contribution in [1.29, 1.82) is 0 Å². The molecule has 0 aliphatic heterocycles. The molecule has 0 heterocycles. The van der Waals surface area contributed by atoms with Gasteiger partial charge in [0.25, 0.3) is 0 Å². The predicted octanol–water partition coefficient (Wildman–Crippen LogP) is 5.16. The first kappa shape index (κ1) is 25.6. The van der Waals surface area contributed by atoms with Crippen LogP contribution in [0.4, 0.5) is 0 Å². The van der Waals surface area contributed by atoms with E-state index in [0.29, 0.717) is 37.5 Å². The Balaban J connectivity index is 1.60. The molecular weight excluding hydrogens is 428 g/mol. The number of carboxylic acid groups (broad SMARTS) is 1. The van der Waals surface area contributed by atoms with Crippen LogP contribution >= 0.6 is 0 Å². The van der Waals surface area contributed by atoms with Crippen molar-refractivity contribution >= 4 is 11.8 Å². The first-order chi connectivity index (χ1) is 15.8. The number of carbonyl (C=O) groups is 2. The molecule has 5 nitrogen and oxygen atoms in total. The van der Waals surface area contributed by atoms with Crippen molar-refractivity contribution in [1.82, 2.24) is 0 Å². The van der Waals surface area contributed by atoms with Gasteiger partial charge in [-0.15, -0.1) is 0 Å². The van der Waals surface area contributed by atoms with E-state index in [1.54, 1.807) is 6.92 Å². The minimum atomic E-state index is -0.828. The topological polar surface area (TPSA) is 94.8 Å². The number of fused-ring (bicyclic) bond motifs is 4. The highest BCUT2D eigenvalue weighted by molar-refractivity contribution is 5.99. The minimum Gasteiger partial charge on any atom is -0.481 e. The van der Waals surface area contributed by atoms with E-state index in [1.165, 1.54) is 0 Å². The van der Waals surface area contributed by atoms with Crippen molar-refractivity contribution < 1.29 is 24.9 Å². The van der Waals surface area contributed by atoms with Crippen molar-refractivity contribution in [2.75, 3.05) is 0 Å². The number of hydrogen-bond acceptors (Lipinski definition) is 4. The molecule has 0 saturated heterocycles. The largest absolute Gasteiger partial charge is 0.481 e. The minimum absolute atomic E-state index is 0.0844. The monoisotopic (exact) mass is 472 g/mol. The van der Waals surface area contributed by atoms with Crippen LogP contribution in [0.5, 0.6) is 0 Å². The Labute approximate surface area is 204 Å². The van der Waals surface area contributed by atoms with E-state index in [0.717, 1.165) is 42.4 Å². The SMILES string of the molecule is C=C(CC[C@@H](C)[C@H]1CC[C@H]2C3=C(C(=O)C[C@]12C)[C@@]1(C)CC[C@@H](O)[C@@H](C)[C@@H]1C[C@H]3O)C(C)C(=O)O. The second-order valence-corrected chi connectivity index (χ2v) is 12.6. The fraction of sp³-hybridized carbons (Fsp3) is 0.793. The predicted molar refractivity (Wildman–Crippen MR) is 132 cm³/mol. The van der Waals surface area contributed by atoms with Crippen LogP contribution in [0.15, 0.2) is 23.3 Å². The van der Waals surface area contributed by atoms with Gasteiger partial charge in [0.15, 0.2) is 5.78 Å². The standard InChI is InChI=1S/C29H44O5/c1-15(17(3)27(33)34)7-8-16(2)19-9-10-20-25-23(31)13-21-18(4)22(30)11-12-28(21,5)26(25)24(32)14-29(19,20)6/h16-23,30-31H,1,7-14H2,2-6H3,(H,33,34)/t16-,17?,18+,19-,20+,21+,22-,23-,28+,29-/m1/s1. The van der Waals surface area contributed by atoms with Gasteiger partial charge in [0, 0.05) is 12.0 Å². The van der Waals surface area contributed by atoms with Crippen LogP contribution in [0.25, 0.3) is 0 Å². The van der Waals surface area contributed by atoms with Gasteiger partial charge in [-0.2, -0.15) is 0 Å². The molecule has 4 aliphatic rings. The highest BCUT2D eigenvalue weighted by Crippen LogP contribution is 2.65. The van der Waals surface area contributed by atoms with Crippen molar-refractivity contribution in [3.05, 3.63) is 23.3 Å². The first-order valence-corrected chi connectivity index (χ1v) is 13.4. The normalized spacial score (nSPS) is 43.6. The number of Topliss-reactive ketones (excluding diaryl/α,β-unsaturated/α-hetero) is 1. The third kappa shape index (κ3) is 3.82. The molecule has 4 rings (SSSR count). The third-order valence-electron chi connectivity index (χ3n) is 10.9. The van der Waals surface area contributed by atoms with Crippen LogP contribution in [0, 0.1) is 46.3 Å². The van der Waals surface area contributed by atoms with Crippen LogP contribution in [-0.4, -0.2) is 39.3 Å². The molecule has 2 fully saturated rings. The average Bonchev–Trinajstić information content (AvgIpc) is 3.11. The maximum atomic E-state index is 13.9. The van der Waals surface area contributed by atoms with Crippen molar-refractivity contribution in [2.45, 2.75) is 98.2 Å². The average molecular weight is 473 g/mol. The Morgan fingerprint density at radius 2 is 1.85 bits per heavy atom. The molecule has 2 saturated carbocycles. The Kier molecular flexibility index (Phi) is 6.70. The highest BCUT2D eigenvalue weighted by atomic mass is 16.4. The van der Waals surface area contributed by atoms with Gasteiger partial charge in [-0.3, -0.25) is 9.59 Å². The molecule has 190 valence electrons. The number of carbonyl (C=O) groups excluding carboxylic acids is 1. The molecular formula is C29H44O5. The van der Waals surface area contributed by atoms with Crippen LogP contribution in [0.3, 0.4) is 0 Å². The van der Waals surface area contributed by atoms with Crippen molar-refractivity contribution in [3.8, 4) is 0 Å². The van der Waals surface area contributed by atoms with E-state index < -0.39 is 18.0 Å². The molecule has 0 aromatic heterocycles. The second kappa shape index (κ2) is 8.89. The van der Waals surface area contributed by atoms with Crippen molar-refractivity contribution in [3.63, 3.8) is 0 Å². The maximum Gasteiger partial charge on any atom is 0.310 e. The molecule has 0 aromatic carbocycles. The molecule has 5 heteroatoms. The number of hydrogen-bond donors (Lipinski definition) is 3. The molecule has 0 spiro atoms. The lowest BCUT2D eigenvalue weighted by molar-refractivity contribution is -0.140. The number of aliphatic hydroxyl groups excluding tert-OH is 2. The number of allylic oxidation sites excluding steroid dienone is 1. The zero-order valence-corrected chi connectivity index (χ0v) is 21.6. The summed E-state index contributed by atoms with van der Waals surface area (Å²) >= 11 is 0. The summed E-state index contributed by atoms with van der Waals surface area (Å²) in [6.07, 6.45) is 5.35. The summed E-state index contributed by atoms with van der Waals surface area (Å²) in [6.45, 7) is 14.5. The lowest BCUT2D eigenvalue weighted by Crippen LogP contribution is -2.54. The van der Waals surface area contributed by atoms with Gasteiger partial charge < -0.3 is 15.3 Å². The van der Waals surface area contributed by atoms with Gasteiger partial charge in [0.05, 0.1) is 18.1 Å². The van der Waals surface area contributed by atoms with E-state index in [-0.39, 0.29) is 40.5 Å². The van der Waals surface area contributed by atoms with E-state index in [1.807, 2.05) is 0 Å². The number of carboxylic acids is 1. The van der Waals surface area contributed by atoms with Gasteiger partial charge in [0.2, 0.25) is 0 Å². The van der Waals surface area contributed by atoms with E-state index in [9.17, 15) is 24.9 Å². The molecule has 34 heavy (non-hydrogen) atoms. The number of aliphatic hydroxyl groups is 2. The number of ketones is 1. The maximum absolute atomic E-state index is 13.9. The van der Waals surface area contributed by atoms with Gasteiger partial charge >= 0.3 is 5.97 Å². The fourth-order valence-corrected chi connectivity index (χ4v) is 8.68. The Morgan fingerprint density at radius 1 is 1.18 bits per heavy atom. The van der Waals surface area contributed by atoms with Gasteiger partial charge in [0.1, 0.15) is 0 Å². The lowest BCUT2D eigenvalue weighted by atomic mass is 9.48. The summed E-state index contributed by atoms with van der Waals surface area (Å²) < 4.78 is 0. The summed E-state index contributed by atoms with van der Waals surface area (Å²) in [6, 6.07) is 0. The van der Waals surface area contributed by atoms with Crippen LogP contribution < -0.4 is 0 Å². The first-order valence-electron chi connectivity index (χ1n) is 13.4. The Bertz CT molecular complexity index is 904. The van der Waals surface area contributed by atoms with Gasteiger partial charge in [-0.05, 0) is 97.9 Å². The van der Waals surface area contributed by atoms with Crippen LogP contribution in [0.1, 0.15) is 86.0 Å². The van der Waals surface area contributed by atoms with Gasteiger partial charge in [-0.25, -0.2) is 0 Å². The molecule has 0 bridgehead atoms. The summed E-state index contributed by atoms with van der Waals surface area (Å²) in [4.78, 5) is 25.2. The lowest BCUT2D eigenvalue weighted by Gasteiger charge is -2.57. The van der Waals surface area contributed by atoms with E-state index >= 15 is 0 Å². The zero-order chi connectivity index (χ0) is 25.2. The number of aliphatic carboxylic acids is 1. The third-order valence-corrected chi connectivity index (χ3v) is 10.9. The van der Waals surface area contributed by atoms with E-state index in [2.05, 4.69) is 34.3 Å². The van der Waals surface area contributed by atoms with E-state index in [4.69, 9.17) is 0 Å². The number of rotatable bonds is 6. The molecule has 4 aliphatic carbocycles. The summed E-state index contributed by atoms with van der Waals surface area (Å²) in [5.41, 5.74) is 2.28. The molecule has 0 amide bonds. The van der Waals surface area contributed by atoms with Crippen molar-refractivity contribution in [2.24, 2.45) is 46.3 Å². The highest BCUT2D eigenvalue weighted by Gasteiger charge is 2.61. The quantitative estimate of drug-likeness (QED) is 0.464. The Morgan fingerprint density at radius 3 is 2.50 bits per heavy atom. The summed E-state index contributed by atoms with van der Waals surface area (Å²) in [5, 5.41) is 31.2.